The minimum absolute atomic E-state index is 0.211. The Morgan fingerprint density at radius 3 is 2.75 bits per heavy atom. The molecule has 0 amide bonds. The summed E-state index contributed by atoms with van der Waals surface area (Å²) in [6.07, 6.45) is 0.669. The van der Waals surface area contributed by atoms with Crippen LogP contribution in [0.3, 0.4) is 0 Å². The molecule has 0 aliphatic heterocycles. The molecule has 0 aliphatic carbocycles. The first kappa shape index (κ1) is 8.70. The minimum Gasteiger partial charge on any atom is -0.477 e. The number of H-pyrrole nitrogens is 1. The summed E-state index contributed by atoms with van der Waals surface area (Å²) in [4.78, 5) is 12.5. The summed E-state index contributed by atoms with van der Waals surface area (Å²) in [5, 5.41) is 8.08. The van der Waals surface area contributed by atoms with Gasteiger partial charge in [0.2, 0.25) is 0 Å². The van der Waals surface area contributed by atoms with Crippen molar-refractivity contribution < 1.29 is 18.7 Å². The summed E-state index contributed by atoms with van der Waals surface area (Å²) in [7, 11) is 0. The van der Waals surface area contributed by atoms with Crippen molar-refractivity contribution in [2.45, 2.75) is 12.3 Å². The van der Waals surface area contributed by atoms with Gasteiger partial charge in [-0.3, -0.25) is 0 Å². The fourth-order valence-electron chi connectivity index (χ4n) is 0.792. The molecule has 0 unspecified atom stereocenters. The van der Waals surface area contributed by atoms with Crippen LogP contribution in [-0.2, 0) is 11.2 Å². The lowest BCUT2D eigenvalue weighted by Crippen LogP contribution is -2.30. The zero-order valence-corrected chi connectivity index (χ0v) is 6.05. The highest BCUT2D eigenvalue weighted by atomic mass is 19.3. The van der Waals surface area contributed by atoms with E-state index in [1.54, 1.807) is 0 Å². The van der Waals surface area contributed by atoms with Crippen LogP contribution in [0.2, 0.25) is 0 Å². The van der Waals surface area contributed by atoms with Crippen molar-refractivity contribution in [1.82, 2.24) is 4.98 Å². The van der Waals surface area contributed by atoms with E-state index >= 15 is 0 Å². The summed E-state index contributed by atoms with van der Waals surface area (Å²) < 4.78 is 25.0. The molecule has 0 saturated carbocycles. The monoisotopic (exact) mass is 175 g/mol. The molecule has 1 aromatic heterocycles. The number of carboxylic acids is 1. The van der Waals surface area contributed by atoms with Gasteiger partial charge in [0.15, 0.2) is 0 Å². The molecule has 2 N–H and O–H groups in total. The molecule has 0 saturated heterocycles. The zero-order valence-electron chi connectivity index (χ0n) is 6.05. The number of hydrogen-bond donors (Lipinski definition) is 2. The van der Waals surface area contributed by atoms with Crippen LogP contribution in [0.5, 0.6) is 0 Å². The number of carbonyl (C=O) groups is 1. The fourth-order valence-corrected chi connectivity index (χ4v) is 0.792. The Bertz CT molecular complexity index is 269. The summed E-state index contributed by atoms with van der Waals surface area (Å²) in [6, 6.07) is 2.95. The number of carboxylic acid groups (broad SMARTS) is 1. The first-order valence-corrected chi connectivity index (χ1v) is 3.26. The summed E-state index contributed by atoms with van der Waals surface area (Å²) in [6.45, 7) is 0. The number of halogens is 2. The molecule has 12 heavy (non-hydrogen) atoms. The van der Waals surface area contributed by atoms with E-state index in [-0.39, 0.29) is 5.69 Å². The molecule has 0 radical (unpaired) electrons. The topological polar surface area (TPSA) is 53.1 Å². The quantitative estimate of drug-likeness (QED) is 0.726. The third kappa shape index (κ3) is 1.81. The average molecular weight is 175 g/mol. The van der Waals surface area contributed by atoms with Crippen molar-refractivity contribution in [2.75, 3.05) is 0 Å². The Hall–Kier alpha value is -1.39. The van der Waals surface area contributed by atoms with Gasteiger partial charge in [-0.05, 0) is 12.1 Å². The highest BCUT2D eigenvalue weighted by Gasteiger charge is 2.38. The second-order valence-electron chi connectivity index (χ2n) is 2.38. The zero-order chi connectivity index (χ0) is 9.19. The maximum absolute atomic E-state index is 12.5. The van der Waals surface area contributed by atoms with Gasteiger partial charge in [-0.25, -0.2) is 4.79 Å². The van der Waals surface area contributed by atoms with Gasteiger partial charge in [-0.15, -0.1) is 0 Å². The molecule has 0 aliphatic rings. The molecule has 0 spiro atoms. The van der Waals surface area contributed by atoms with Crippen LogP contribution in [0, 0.1) is 0 Å². The largest absolute Gasteiger partial charge is 0.477 e. The molecule has 3 nitrogen and oxygen atoms in total. The number of aromatic nitrogens is 1. The van der Waals surface area contributed by atoms with Crippen molar-refractivity contribution in [1.29, 1.82) is 0 Å². The van der Waals surface area contributed by atoms with Gasteiger partial charge in [-0.1, -0.05) is 0 Å². The fraction of sp³-hybridized carbons (Fsp3) is 0.286. The Labute approximate surface area is 67.0 Å². The van der Waals surface area contributed by atoms with E-state index in [0.717, 1.165) is 0 Å². The number of nitrogens with one attached hydrogen (secondary N) is 1. The van der Waals surface area contributed by atoms with E-state index < -0.39 is 18.3 Å². The van der Waals surface area contributed by atoms with E-state index in [0.29, 0.717) is 0 Å². The number of aromatic amines is 1. The average Bonchev–Trinajstić information content (AvgIpc) is 2.38. The van der Waals surface area contributed by atoms with Crippen LogP contribution in [0.25, 0.3) is 0 Å². The number of alkyl halides is 2. The first-order chi connectivity index (χ1) is 5.52. The van der Waals surface area contributed by atoms with Crippen LogP contribution in [0.1, 0.15) is 5.69 Å². The molecule has 0 atom stereocenters. The molecular formula is C7H7F2NO2. The maximum atomic E-state index is 12.5. The first-order valence-electron chi connectivity index (χ1n) is 3.26. The normalized spacial score (nSPS) is 11.5. The third-order valence-corrected chi connectivity index (χ3v) is 1.39. The molecule has 66 valence electrons. The Kier molecular flexibility index (Phi) is 2.12. The third-order valence-electron chi connectivity index (χ3n) is 1.39. The van der Waals surface area contributed by atoms with Gasteiger partial charge in [0.25, 0.3) is 0 Å². The minimum atomic E-state index is -3.69. The smallest absolute Gasteiger partial charge is 0.374 e. The highest BCUT2D eigenvalue weighted by Crippen LogP contribution is 2.18. The lowest BCUT2D eigenvalue weighted by molar-refractivity contribution is -0.164. The van der Waals surface area contributed by atoms with Gasteiger partial charge in [-0.2, -0.15) is 8.78 Å². The lowest BCUT2D eigenvalue weighted by atomic mass is 10.2. The van der Waals surface area contributed by atoms with Crippen molar-refractivity contribution in [3.8, 4) is 0 Å². The number of rotatable bonds is 3. The number of hydrogen-bond acceptors (Lipinski definition) is 1. The molecule has 1 rings (SSSR count). The van der Waals surface area contributed by atoms with Crippen molar-refractivity contribution in [3.63, 3.8) is 0 Å². The Morgan fingerprint density at radius 2 is 2.33 bits per heavy atom. The SMILES string of the molecule is O=C(O)C(F)(F)Cc1ccc[nH]1. The summed E-state index contributed by atoms with van der Waals surface area (Å²) >= 11 is 0. The van der Waals surface area contributed by atoms with Crippen molar-refractivity contribution in [3.05, 3.63) is 24.0 Å². The van der Waals surface area contributed by atoms with Gasteiger partial charge < -0.3 is 10.1 Å². The van der Waals surface area contributed by atoms with Crippen molar-refractivity contribution in [2.24, 2.45) is 0 Å². The van der Waals surface area contributed by atoms with Crippen LogP contribution in [0.4, 0.5) is 8.78 Å². The van der Waals surface area contributed by atoms with Crippen molar-refractivity contribution >= 4 is 5.97 Å². The van der Waals surface area contributed by atoms with Crippen LogP contribution in [-0.4, -0.2) is 22.0 Å². The van der Waals surface area contributed by atoms with Crippen LogP contribution in [0.15, 0.2) is 18.3 Å². The molecule has 0 fully saturated rings. The van der Waals surface area contributed by atoms with E-state index in [4.69, 9.17) is 5.11 Å². The summed E-state index contributed by atoms with van der Waals surface area (Å²) in [5.74, 6) is -5.79. The van der Waals surface area contributed by atoms with E-state index in [1.165, 1.54) is 18.3 Å². The van der Waals surface area contributed by atoms with Gasteiger partial charge in [0.05, 0.1) is 6.42 Å². The lowest BCUT2D eigenvalue weighted by Gasteiger charge is -2.08. The van der Waals surface area contributed by atoms with E-state index in [1.807, 2.05) is 0 Å². The second kappa shape index (κ2) is 2.92. The van der Waals surface area contributed by atoms with Gasteiger partial charge in [0, 0.05) is 11.9 Å². The molecule has 0 bridgehead atoms. The molecule has 5 heteroatoms. The molecule has 1 aromatic rings. The van der Waals surface area contributed by atoms with E-state index in [9.17, 15) is 13.6 Å². The Morgan fingerprint density at radius 1 is 1.67 bits per heavy atom. The summed E-state index contributed by atoms with van der Waals surface area (Å²) in [5.41, 5.74) is 0.211. The molecule has 1 heterocycles. The van der Waals surface area contributed by atoms with Crippen LogP contribution >= 0.6 is 0 Å². The highest BCUT2D eigenvalue weighted by molar-refractivity contribution is 5.75. The van der Waals surface area contributed by atoms with Gasteiger partial charge in [0.1, 0.15) is 0 Å². The maximum Gasteiger partial charge on any atom is 0.374 e. The molecule has 0 aromatic carbocycles. The second-order valence-corrected chi connectivity index (χ2v) is 2.38. The van der Waals surface area contributed by atoms with E-state index in [2.05, 4.69) is 4.98 Å². The predicted octanol–water partition coefficient (Wildman–Crippen LogP) is 1.28. The Balaban J connectivity index is 2.69. The molecular weight excluding hydrogens is 168 g/mol. The standard InChI is InChI=1S/C7H7F2NO2/c8-7(9,6(11)12)4-5-2-1-3-10-5/h1-3,10H,4H2,(H,11,12). The van der Waals surface area contributed by atoms with Crippen LogP contribution < -0.4 is 0 Å². The predicted molar refractivity (Wildman–Crippen MR) is 37.1 cm³/mol. The van der Waals surface area contributed by atoms with Gasteiger partial charge >= 0.3 is 11.9 Å². The number of aliphatic carboxylic acids is 1.